The van der Waals surface area contributed by atoms with E-state index in [2.05, 4.69) is 77.2 Å². The molecular weight excluding hydrogens is 554 g/mol. The number of amides is 1. The molecule has 0 heterocycles. The molecule has 0 aliphatic rings. The van der Waals surface area contributed by atoms with Crippen LogP contribution in [0.5, 0.6) is 11.5 Å². The molecular formula is C37H49NO6. The van der Waals surface area contributed by atoms with Crippen LogP contribution in [0.25, 0.3) is 0 Å². The molecule has 44 heavy (non-hydrogen) atoms. The van der Waals surface area contributed by atoms with Crippen LogP contribution in [0.15, 0.2) is 60.7 Å². The fourth-order valence-corrected chi connectivity index (χ4v) is 5.79. The second kappa shape index (κ2) is 14.8. The van der Waals surface area contributed by atoms with Gasteiger partial charge in [0.25, 0.3) is 5.91 Å². The SMILES string of the molecule is CCC(CC)(c1ccc(CCC(O)C(C)(C)C)c(C)c1)c1ccc(OCC(=O)N[C@@H](Cc2ccc(O)cc2)C(=O)O)c(C)c1. The zero-order valence-corrected chi connectivity index (χ0v) is 27.2. The highest BCUT2D eigenvalue weighted by atomic mass is 16.5. The summed E-state index contributed by atoms with van der Waals surface area (Å²) >= 11 is 0. The van der Waals surface area contributed by atoms with Gasteiger partial charge in [-0.05, 0) is 96.5 Å². The molecule has 0 radical (unpaired) electrons. The van der Waals surface area contributed by atoms with Gasteiger partial charge in [-0.25, -0.2) is 4.79 Å². The fraction of sp³-hybridized carbons (Fsp3) is 0.459. The lowest BCUT2D eigenvalue weighted by Gasteiger charge is -2.34. The van der Waals surface area contributed by atoms with Crippen molar-refractivity contribution in [2.45, 2.75) is 98.1 Å². The van der Waals surface area contributed by atoms with E-state index in [4.69, 9.17) is 4.74 Å². The maximum atomic E-state index is 12.6. The molecule has 4 N–H and O–H groups in total. The molecule has 1 unspecified atom stereocenters. The number of hydrogen-bond donors (Lipinski definition) is 4. The van der Waals surface area contributed by atoms with Gasteiger partial charge in [-0.15, -0.1) is 0 Å². The normalized spacial score (nSPS) is 13.3. The number of aliphatic hydroxyl groups is 1. The lowest BCUT2D eigenvalue weighted by molar-refractivity contribution is -0.142. The highest BCUT2D eigenvalue weighted by molar-refractivity contribution is 5.84. The molecule has 7 heteroatoms. The number of carbonyl (C=O) groups is 2. The third kappa shape index (κ3) is 8.63. The van der Waals surface area contributed by atoms with E-state index in [1.165, 1.54) is 34.4 Å². The largest absolute Gasteiger partial charge is 0.508 e. The van der Waals surface area contributed by atoms with Gasteiger partial charge in [0.15, 0.2) is 6.61 Å². The minimum Gasteiger partial charge on any atom is -0.508 e. The van der Waals surface area contributed by atoms with Crippen molar-refractivity contribution in [1.29, 1.82) is 0 Å². The Balaban J connectivity index is 1.71. The van der Waals surface area contributed by atoms with E-state index in [0.29, 0.717) is 11.3 Å². The van der Waals surface area contributed by atoms with Crippen LogP contribution in [-0.2, 0) is 27.8 Å². The zero-order chi connectivity index (χ0) is 32.7. The summed E-state index contributed by atoms with van der Waals surface area (Å²) in [4.78, 5) is 24.4. The van der Waals surface area contributed by atoms with Crippen LogP contribution in [0.4, 0.5) is 0 Å². The van der Waals surface area contributed by atoms with Crippen LogP contribution in [0, 0.1) is 19.3 Å². The van der Waals surface area contributed by atoms with Crippen molar-refractivity contribution in [2.75, 3.05) is 6.61 Å². The molecule has 0 aromatic heterocycles. The Morgan fingerprint density at radius 1 is 0.886 bits per heavy atom. The molecule has 3 aromatic rings. The third-order valence-corrected chi connectivity index (χ3v) is 8.88. The number of aromatic hydroxyl groups is 1. The topological polar surface area (TPSA) is 116 Å². The molecule has 3 rings (SSSR count). The Morgan fingerprint density at radius 2 is 1.48 bits per heavy atom. The summed E-state index contributed by atoms with van der Waals surface area (Å²) in [7, 11) is 0. The Hall–Kier alpha value is -3.84. The number of carbonyl (C=O) groups excluding carboxylic acids is 1. The average Bonchev–Trinajstić information content (AvgIpc) is 2.97. The van der Waals surface area contributed by atoms with E-state index in [9.17, 15) is 24.9 Å². The first kappa shape index (κ1) is 34.6. The molecule has 238 valence electrons. The van der Waals surface area contributed by atoms with Crippen molar-refractivity contribution < 1.29 is 29.6 Å². The zero-order valence-electron chi connectivity index (χ0n) is 27.2. The number of rotatable bonds is 14. The van der Waals surface area contributed by atoms with E-state index in [1.54, 1.807) is 12.1 Å². The quantitative estimate of drug-likeness (QED) is 0.164. The molecule has 0 saturated heterocycles. The lowest BCUT2D eigenvalue weighted by atomic mass is 9.69. The molecule has 0 aliphatic carbocycles. The highest BCUT2D eigenvalue weighted by Crippen LogP contribution is 2.41. The van der Waals surface area contributed by atoms with E-state index in [0.717, 1.165) is 31.2 Å². The molecule has 0 bridgehead atoms. The van der Waals surface area contributed by atoms with Crippen molar-refractivity contribution in [1.82, 2.24) is 5.32 Å². The van der Waals surface area contributed by atoms with Crippen LogP contribution in [-0.4, -0.2) is 45.9 Å². The summed E-state index contributed by atoms with van der Waals surface area (Å²) in [6.45, 7) is 14.4. The third-order valence-electron chi connectivity index (χ3n) is 8.88. The van der Waals surface area contributed by atoms with Crippen LogP contribution in [0.2, 0.25) is 0 Å². The number of aliphatic hydroxyl groups excluding tert-OH is 1. The molecule has 1 amide bonds. The van der Waals surface area contributed by atoms with Crippen LogP contribution in [0.1, 0.15) is 87.3 Å². The number of benzene rings is 3. The molecule has 0 aliphatic heterocycles. The van der Waals surface area contributed by atoms with Crippen LogP contribution in [0.3, 0.4) is 0 Å². The second-order valence-corrected chi connectivity index (χ2v) is 12.9. The van der Waals surface area contributed by atoms with E-state index in [1.807, 2.05) is 13.0 Å². The number of aryl methyl sites for hydroxylation is 3. The van der Waals surface area contributed by atoms with E-state index in [-0.39, 0.29) is 35.7 Å². The molecule has 7 nitrogen and oxygen atoms in total. The number of phenolic OH excluding ortho intramolecular Hbond substituents is 1. The number of nitrogens with one attached hydrogen (secondary N) is 1. The second-order valence-electron chi connectivity index (χ2n) is 12.9. The van der Waals surface area contributed by atoms with Crippen molar-refractivity contribution in [2.24, 2.45) is 5.41 Å². The number of ether oxygens (including phenoxy) is 1. The summed E-state index contributed by atoms with van der Waals surface area (Å²) in [6, 6.07) is 17.9. The first-order valence-electron chi connectivity index (χ1n) is 15.5. The van der Waals surface area contributed by atoms with E-state index >= 15 is 0 Å². The maximum absolute atomic E-state index is 12.6. The van der Waals surface area contributed by atoms with Gasteiger partial charge in [0.2, 0.25) is 0 Å². The van der Waals surface area contributed by atoms with Gasteiger partial charge in [-0.2, -0.15) is 0 Å². The maximum Gasteiger partial charge on any atom is 0.326 e. The summed E-state index contributed by atoms with van der Waals surface area (Å²) in [5, 5.41) is 32.1. The number of aliphatic carboxylic acids is 1. The van der Waals surface area contributed by atoms with Crippen LogP contribution >= 0.6 is 0 Å². The van der Waals surface area contributed by atoms with Gasteiger partial charge in [-0.3, -0.25) is 4.79 Å². The molecule has 3 aromatic carbocycles. The Kier molecular flexibility index (Phi) is 11.6. The molecule has 0 spiro atoms. The van der Waals surface area contributed by atoms with E-state index < -0.39 is 17.9 Å². The first-order valence-corrected chi connectivity index (χ1v) is 15.5. The standard InChI is InChI=1S/C37H49NO6/c1-8-37(9-2,28-14-12-27(24(3)20-28)13-19-33(40)36(5,6)7)29-15-18-32(25(4)21-29)44-23-34(41)38-31(35(42)43)22-26-10-16-30(39)17-11-26/h10-12,14-18,20-21,31,33,39-40H,8-9,13,19,22-23H2,1-7H3,(H,38,41)(H,42,43)/t31-,33?/m0/s1. The minimum absolute atomic E-state index is 0.0878. The predicted molar refractivity (Wildman–Crippen MR) is 174 cm³/mol. The van der Waals surface area contributed by atoms with Gasteiger partial charge >= 0.3 is 5.97 Å². The van der Waals surface area contributed by atoms with Crippen molar-refractivity contribution in [3.05, 3.63) is 94.0 Å². The molecule has 2 atom stereocenters. The van der Waals surface area contributed by atoms with Gasteiger partial charge in [0.05, 0.1) is 6.10 Å². The summed E-state index contributed by atoms with van der Waals surface area (Å²) in [5.74, 6) is -1.01. The number of hydrogen-bond acceptors (Lipinski definition) is 5. The van der Waals surface area contributed by atoms with Crippen molar-refractivity contribution >= 4 is 11.9 Å². The van der Waals surface area contributed by atoms with Crippen LogP contribution < -0.4 is 10.1 Å². The lowest BCUT2D eigenvalue weighted by Crippen LogP contribution is -2.44. The predicted octanol–water partition coefficient (Wildman–Crippen LogP) is 6.65. The number of carboxylic acids is 1. The Labute approximate surface area is 262 Å². The minimum atomic E-state index is -1.15. The van der Waals surface area contributed by atoms with Gasteiger partial charge in [0.1, 0.15) is 17.5 Å². The monoisotopic (exact) mass is 603 g/mol. The van der Waals surface area contributed by atoms with Crippen molar-refractivity contribution in [3.8, 4) is 11.5 Å². The first-order chi connectivity index (χ1) is 20.7. The van der Waals surface area contributed by atoms with Crippen molar-refractivity contribution in [3.63, 3.8) is 0 Å². The summed E-state index contributed by atoms with van der Waals surface area (Å²) in [6.07, 6.45) is 3.11. The number of phenols is 1. The smallest absolute Gasteiger partial charge is 0.326 e. The summed E-state index contributed by atoms with van der Waals surface area (Å²) < 4.78 is 5.83. The summed E-state index contributed by atoms with van der Waals surface area (Å²) in [5.41, 5.74) is 6.14. The molecule has 0 fully saturated rings. The van der Waals surface area contributed by atoms with Gasteiger partial charge in [-0.1, -0.05) is 77.1 Å². The highest BCUT2D eigenvalue weighted by Gasteiger charge is 2.32. The van der Waals surface area contributed by atoms with Gasteiger partial charge in [0, 0.05) is 11.8 Å². The molecule has 0 saturated carbocycles. The fourth-order valence-electron chi connectivity index (χ4n) is 5.79. The number of carboxylic acid groups (broad SMARTS) is 1. The average molecular weight is 604 g/mol. The Bertz CT molecular complexity index is 1420. The Morgan fingerprint density at radius 3 is 2.00 bits per heavy atom. The van der Waals surface area contributed by atoms with Gasteiger partial charge < -0.3 is 25.4 Å².